The predicted octanol–water partition coefficient (Wildman–Crippen LogP) is 1.86. The van der Waals surface area contributed by atoms with Gasteiger partial charge in [0.2, 0.25) is 0 Å². The minimum Gasteiger partial charge on any atom is -0.465 e. The van der Waals surface area contributed by atoms with Crippen LogP contribution in [-0.2, 0) is 13.0 Å². The Bertz CT molecular complexity index is 378. The Hall–Kier alpha value is -1.58. The van der Waals surface area contributed by atoms with Crippen molar-refractivity contribution >= 4 is 6.09 Å². The Labute approximate surface area is 80.8 Å². The molecule has 3 nitrogen and oxygen atoms in total. The fourth-order valence-electron chi connectivity index (χ4n) is 1.69. The van der Waals surface area contributed by atoms with Crippen LogP contribution in [0.3, 0.4) is 0 Å². The molecule has 4 heteroatoms. The van der Waals surface area contributed by atoms with Crippen molar-refractivity contribution < 1.29 is 14.3 Å². The van der Waals surface area contributed by atoms with Crippen LogP contribution in [0.1, 0.15) is 11.1 Å². The number of carbonyl (C=O) groups is 1. The molecule has 0 bridgehead atoms. The van der Waals surface area contributed by atoms with Crippen molar-refractivity contribution in [3.05, 3.63) is 35.1 Å². The quantitative estimate of drug-likeness (QED) is 0.686. The van der Waals surface area contributed by atoms with Crippen molar-refractivity contribution in [2.75, 3.05) is 6.54 Å². The Morgan fingerprint density at radius 1 is 1.43 bits per heavy atom. The molecule has 0 spiro atoms. The molecular formula is C10H10FNO2. The molecule has 2 rings (SSSR count). The summed E-state index contributed by atoms with van der Waals surface area (Å²) in [6, 6.07) is 4.55. The predicted molar refractivity (Wildman–Crippen MR) is 48.5 cm³/mol. The average molecular weight is 195 g/mol. The van der Waals surface area contributed by atoms with Gasteiger partial charge in [0, 0.05) is 13.1 Å². The summed E-state index contributed by atoms with van der Waals surface area (Å²) in [6.45, 7) is 0.788. The van der Waals surface area contributed by atoms with Crippen LogP contribution in [-0.4, -0.2) is 22.6 Å². The summed E-state index contributed by atoms with van der Waals surface area (Å²) in [5.74, 6) is -0.309. The molecule has 1 aliphatic heterocycles. The summed E-state index contributed by atoms with van der Waals surface area (Å²) in [4.78, 5) is 12.0. The second kappa shape index (κ2) is 3.29. The molecule has 74 valence electrons. The first-order chi connectivity index (χ1) is 6.66. The van der Waals surface area contributed by atoms with E-state index in [0.717, 1.165) is 11.1 Å². The normalized spacial score (nSPS) is 15.1. The molecule has 0 fully saturated rings. The van der Waals surface area contributed by atoms with E-state index in [1.807, 2.05) is 0 Å². The molecule has 1 aromatic carbocycles. The highest BCUT2D eigenvalue weighted by Gasteiger charge is 2.19. The molecule has 0 atom stereocenters. The highest BCUT2D eigenvalue weighted by molar-refractivity contribution is 5.65. The molecule has 1 N–H and O–H groups in total. The van der Waals surface area contributed by atoms with Crippen LogP contribution in [0.25, 0.3) is 0 Å². The minimum atomic E-state index is -0.945. The molecule has 0 radical (unpaired) electrons. The third kappa shape index (κ3) is 1.55. The lowest BCUT2D eigenvalue weighted by molar-refractivity contribution is 0.140. The summed E-state index contributed by atoms with van der Waals surface area (Å²) < 4.78 is 12.9. The first-order valence-electron chi connectivity index (χ1n) is 4.42. The summed E-state index contributed by atoms with van der Waals surface area (Å²) in [6.07, 6.45) is -0.276. The van der Waals surface area contributed by atoms with E-state index in [2.05, 4.69) is 0 Å². The van der Waals surface area contributed by atoms with Gasteiger partial charge in [0.05, 0.1) is 0 Å². The number of fused-ring (bicyclic) bond motifs is 1. The van der Waals surface area contributed by atoms with Gasteiger partial charge in [-0.25, -0.2) is 9.18 Å². The summed E-state index contributed by atoms with van der Waals surface area (Å²) in [7, 11) is 0. The van der Waals surface area contributed by atoms with Gasteiger partial charge in [0.15, 0.2) is 0 Å². The Kier molecular flexibility index (Phi) is 2.11. The van der Waals surface area contributed by atoms with Crippen LogP contribution in [0.4, 0.5) is 9.18 Å². The zero-order valence-electron chi connectivity index (χ0n) is 7.53. The van der Waals surface area contributed by atoms with Crippen LogP contribution in [0.15, 0.2) is 18.2 Å². The minimum absolute atomic E-state index is 0.294. The van der Waals surface area contributed by atoms with Gasteiger partial charge in [0.25, 0.3) is 0 Å². The zero-order chi connectivity index (χ0) is 10.1. The maximum absolute atomic E-state index is 12.9. The number of hydrogen-bond donors (Lipinski definition) is 1. The first kappa shape index (κ1) is 8.99. The van der Waals surface area contributed by atoms with Gasteiger partial charge in [-0.3, -0.25) is 0 Å². The van der Waals surface area contributed by atoms with Gasteiger partial charge >= 0.3 is 6.09 Å². The Balaban J connectivity index is 2.29. The fourth-order valence-corrected chi connectivity index (χ4v) is 1.69. The number of amides is 1. The average Bonchev–Trinajstić information content (AvgIpc) is 2.16. The first-order valence-corrected chi connectivity index (χ1v) is 4.42. The molecule has 0 saturated carbocycles. The van der Waals surface area contributed by atoms with E-state index in [0.29, 0.717) is 19.5 Å². The number of carboxylic acid groups (broad SMARTS) is 1. The van der Waals surface area contributed by atoms with Crippen molar-refractivity contribution in [3.63, 3.8) is 0 Å². The van der Waals surface area contributed by atoms with Gasteiger partial charge in [-0.2, -0.15) is 0 Å². The van der Waals surface area contributed by atoms with Crippen molar-refractivity contribution in [2.24, 2.45) is 0 Å². The molecule has 1 heterocycles. The van der Waals surface area contributed by atoms with Crippen molar-refractivity contribution in [3.8, 4) is 0 Å². The van der Waals surface area contributed by atoms with E-state index in [1.165, 1.54) is 17.0 Å². The fraction of sp³-hybridized carbons (Fsp3) is 0.300. The van der Waals surface area contributed by atoms with Crippen LogP contribution in [0.5, 0.6) is 0 Å². The summed E-state index contributed by atoms with van der Waals surface area (Å²) in [5, 5.41) is 8.77. The number of rotatable bonds is 0. The van der Waals surface area contributed by atoms with E-state index in [4.69, 9.17) is 5.11 Å². The van der Waals surface area contributed by atoms with E-state index in [-0.39, 0.29) is 5.82 Å². The number of hydrogen-bond acceptors (Lipinski definition) is 1. The van der Waals surface area contributed by atoms with Crippen LogP contribution < -0.4 is 0 Å². The molecule has 0 aliphatic carbocycles. The lowest BCUT2D eigenvalue weighted by Gasteiger charge is -2.26. The van der Waals surface area contributed by atoms with Crippen LogP contribution in [0, 0.1) is 5.82 Å². The molecule has 0 aromatic heterocycles. The standard InChI is InChI=1S/C10H10FNO2/c11-9-2-1-7-3-4-12(10(13)14)6-8(7)5-9/h1-2,5H,3-4,6H2,(H,13,14). The largest absolute Gasteiger partial charge is 0.465 e. The second-order valence-electron chi connectivity index (χ2n) is 3.37. The number of halogens is 1. The van der Waals surface area contributed by atoms with E-state index in [1.54, 1.807) is 6.07 Å². The third-order valence-electron chi connectivity index (χ3n) is 2.45. The van der Waals surface area contributed by atoms with Gasteiger partial charge in [-0.15, -0.1) is 0 Å². The van der Waals surface area contributed by atoms with E-state index < -0.39 is 6.09 Å². The van der Waals surface area contributed by atoms with Gasteiger partial charge < -0.3 is 10.0 Å². The maximum atomic E-state index is 12.9. The zero-order valence-corrected chi connectivity index (χ0v) is 7.53. The number of nitrogens with zero attached hydrogens (tertiary/aromatic N) is 1. The van der Waals surface area contributed by atoms with Crippen molar-refractivity contribution in [1.82, 2.24) is 4.90 Å². The second-order valence-corrected chi connectivity index (χ2v) is 3.37. The SMILES string of the molecule is O=C(O)N1CCc2ccc(F)cc2C1. The molecule has 0 saturated heterocycles. The summed E-state index contributed by atoms with van der Waals surface area (Å²) >= 11 is 0. The Morgan fingerprint density at radius 3 is 2.93 bits per heavy atom. The smallest absolute Gasteiger partial charge is 0.407 e. The van der Waals surface area contributed by atoms with E-state index >= 15 is 0 Å². The topological polar surface area (TPSA) is 40.5 Å². The maximum Gasteiger partial charge on any atom is 0.407 e. The molecule has 1 aliphatic rings. The third-order valence-corrected chi connectivity index (χ3v) is 2.45. The highest BCUT2D eigenvalue weighted by Crippen LogP contribution is 2.19. The molecule has 1 aromatic rings. The molecular weight excluding hydrogens is 185 g/mol. The summed E-state index contributed by atoms with van der Waals surface area (Å²) in [5.41, 5.74) is 1.82. The lowest BCUT2D eigenvalue weighted by atomic mass is 10.0. The molecule has 0 unspecified atom stereocenters. The van der Waals surface area contributed by atoms with Gasteiger partial charge in [-0.05, 0) is 29.7 Å². The van der Waals surface area contributed by atoms with Crippen LogP contribution in [0.2, 0.25) is 0 Å². The lowest BCUT2D eigenvalue weighted by Crippen LogP contribution is -2.34. The van der Waals surface area contributed by atoms with Gasteiger partial charge in [-0.1, -0.05) is 6.07 Å². The van der Waals surface area contributed by atoms with Crippen molar-refractivity contribution in [2.45, 2.75) is 13.0 Å². The monoisotopic (exact) mass is 195 g/mol. The molecule has 1 amide bonds. The molecule has 14 heavy (non-hydrogen) atoms. The highest BCUT2D eigenvalue weighted by atomic mass is 19.1. The van der Waals surface area contributed by atoms with Crippen LogP contribution >= 0.6 is 0 Å². The number of benzene rings is 1. The van der Waals surface area contributed by atoms with E-state index in [9.17, 15) is 9.18 Å². The van der Waals surface area contributed by atoms with Gasteiger partial charge in [0.1, 0.15) is 5.82 Å². The van der Waals surface area contributed by atoms with Crippen molar-refractivity contribution in [1.29, 1.82) is 0 Å². The Morgan fingerprint density at radius 2 is 2.21 bits per heavy atom.